The molecule has 1 aliphatic heterocycles. The molecule has 1 aliphatic rings. The predicted octanol–water partition coefficient (Wildman–Crippen LogP) is 1.03. The Kier molecular flexibility index (Phi) is 9.32. The molecule has 2 N–H and O–H groups in total. The van der Waals surface area contributed by atoms with Crippen LogP contribution in [0.25, 0.3) is 0 Å². The van der Waals surface area contributed by atoms with E-state index in [1.54, 1.807) is 19.3 Å². The van der Waals surface area contributed by atoms with Crippen LogP contribution in [0.4, 0.5) is 0 Å². The molecule has 0 aromatic rings. The lowest BCUT2D eigenvalue weighted by Gasteiger charge is -2.24. The SMILES string of the molecule is COCCOCCOC(=O)/C(N)=C/C=C/N1CCCCC1. The first-order chi connectivity index (χ1) is 10.2. The van der Waals surface area contributed by atoms with E-state index in [2.05, 4.69) is 4.90 Å². The molecule has 0 saturated carbocycles. The number of methoxy groups -OCH3 is 1. The molecule has 0 aromatic heterocycles. The Bertz CT molecular complexity index is 350. The zero-order chi connectivity index (χ0) is 15.3. The number of hydrogen-bond donors (Lipinski definition) is 1. The van der Waals surface area contributed by atoms with Gasteiger partial charge in [0.05, 0.1) is 19.8 Å². The van der Waals surface area contributed by atoms with Crippen molar-refractivity contribution in [2.75, 3.05) is 46.6 Å². The zero-order valence-corrected chi connectivity index (χ0v) is 12.8. The monoisotopic (exact) mass is 298 g/mol. The average Bonchev–Trinajstić information content (AvgIpc) is 2.51. The normalized spacial score (nSPS) is 16.4. The molecule has 6 heteroatoms. The summed E-state index contributed by atoms with van der Waals surface area (Å²) >= 11 is 0. The Labute approximate surface area is 126 Å². The van der Waals surface area contributed by atoms with Crippen LogP contribution in [0.3, 0.4) is 0 Å². The van der Waals surface area contributed by atoms with Gasteiger partial charge in [0.2, 0.25) is 0 Å². The molecule has 1 rings (SSSR count). The van der Waals surface area contributed by atoms with Gasteiger partial charge in [-0.05, 0) is 37.6 Å². The molecule has 0 atom stereocenters. The summed E-state index contributed by atoms with van der Waals surface area (Å²) in [4.78, 5) is 13.8. The molecule has 0 radical (unpaired) electrons. The number of rotatable bonds is 9. The molecular formula is C15H26N2O4. The fourth-order valence-electron chi connectivity index (χ4n) is 1.92. The van der Waals surface area contributed by atoms with Crippen LogP contribution in [0.1, 0.15) is 19.3 Å². The van der Waals surface area contributed by atoms with E-state index in [-0.39, 0.29) is 12.3 Å². The van der Waals surface area contributed by atoms with E-state index in [1.165, 1.54) is 19.3 Å². The number of nitrogens with zero attached hydrogens (tertiary/aromatic N) is 1. The van der Waals surface area contributed by atoms with Crippen molar-refractivity contribution >= 4 is 5.97 Å². The van der Waals surface area contributed by atoms with E-state index in [1.807, 2.05) is 6.20 Å². The van der Waals surface area contributed by atoms with E-state index < -0.39 is 5.97 Å². The van der Waals surface area contributed by atoms with E-state index in [0.717, 1.165) is 13.1 Å². The highest BCUT2D eigenvalue weighted by atomic mass is 16.6. The van der Waals surface area contributed by atoms with E-state index in [9.17, 15) is 4.79 Å². The Morgan fingerprint density at radius 1 is 1.14 bits per heavy atom. The molecule has 0 amide bonds. The third-order valence-electron chi connectivity index (χ3n) is 3.09. The highest BCUT2D eigenvalue weighted by molar-refractivity contribution is 5.87. The fraction of sp³-hybridized carbons (Fsp3) is 0.667. The first-order valence-corrected chi connectivity index (χ1v) is 7.36. The van der Waals surface area contributed by atoms with E-state index in [4.69, 9.17) is 19.9 Å². The van der Waals surface area contributed by atoms with Crippen molar-refractivity contribution in [3.63, 3.8) is 0 Å². The van der Waals surface area contributed by atoms with E-state index >= 15 is 0 Å². The summed E-state index contributed by atoms with van der Waals surface area (Å²) in [7, 11) is 1.60. The van der Waals surface area contributed by atoms with E-state index in [0.29, 0.717) is 19.8 Å². The molecule has 0 aliphatic carbocycles. The predicted molar refractivity (Wildman–Crippen MR) is 80.5 cm³/mol. The summed E-state index contributed by atoms with van der Waals surface area (Å²) in [5.41, 5.74) is 5.75. The van der Waals surface area contributed by atoms with Gasteiger partial charge < -0.3 is 24.8 Å². The maximum absolute atomic E-state index is 11.6. The molecular weight excluding hydrogens is 272 g/mol. The van der Waals surface area contributed by atoms with Crippen LogP contribution in [0.15, 0.2) is 24.0 Å². The van der Waals surface area contributed by atoms with Crippen molar-refractivity contribution in [1.82, 2.24) is 4.90 Å². The second-order valence-electron chi connectivity index (χ2n) is 4.80. The Balaban J connectivity index is 2.16. The Morgan fingerprint density at radius 2 is 1.86 bits per heavy atom. The second kappa shape index (κ2) is 11.2. The van der Waals surface area contributed by atoms with Crippen molar-refractivity contribution < 1.29 is 19.0 Å². The van der Waals surface area contributed by atoms with Gasteiger partial charge in [0.25, 0.3) is 0 Å². The molecule has 0 spiro atoms. The number of nitrogens with two attached hydrogens (primary N) is 1. The number of carbonyl (C=O) groups is 1. The van der Waals surface area contributed by atoms with Crippen molar-refractivity contribution in [2.45, 2.75) is 19.3 Å². The maximum Gasteiger partial charge on any atom is 0.354 e. The quantitative estimate of drug-likeness (QED) is 0.297. The van der Waals surface area contributed by atoms with Crippen LogP contribution in [-0.4, -0.2) is 57.5 Å². The maximum atomic E-state index is 11.6. The van der Waals surface area contributed by atoms with Crippen LogP contribution in [-0.2, 0) is 19.0 Å². The summed E-state index contributed by atoms with van der Waals surface area (Å²) < 4.78 is 15.0. The minimum atomic E-state index is -0.520. The van der Waals surface area contributed by atoms with Crippen molar-refractivity contribution in [2.24, 2.45) is 5.73 Å². The van der Waals surface area contributed by atoms with Crippen LogP contribution in [0.2, 0.25) is 0 Å². The highest BCUT2D eigenvalue weighted by Crippen LogP contribution is 2.08. The molecule has 120 valence electrons. The lowest BCUT2D eigenvalue weighted by atomic mass is 10.1. The first-order valence-electron chi connectivity index (χ1n) is 7.36. The van der Waals surface area contributed by atoms with Crippen LogP contribution in [0, 0.1) is 0 Å². The summed E-state index contributed by atoms with van der Waals surface area (Å²) in [6.45, 7) is 3.66. The van der Waals surface area contributed by atoms with Gasteiger partial charge in [-0.15, -0.1) is 0 Å². The summed E-state index contributed by atoms with van der Waals surface area (Å²) in [5, 5.41) is 0. The molecule has 6 nitrogen and oxygen atoms in total. The molecule has 0 unspecified atom stereocenters. The molecule has 0 aromatic carbocycles. The molecule has 21 heavy (non-hydrogen) atoms. The van der Waals surface area contributed by atoms with Gasteiger partial charge in [-0.3, -0.25) is 0 Å². The smallest absolute Gasteiger partial charge is 0.354 e. The summed E-state index contributed by atoms with van der Waals surface area (Å²) in [6, 6.07) is 0. The Hall–Kier alpha value is -1.53. The fourth-order valence-corrected chi connectivity index (χ4v) is 1.92. The average molecular weight is 298 g/mol. The van der Waals surface area contributed by atoms with Gasteiger partial charge >= 0.3 is 5.97 Å². The largest absolute Gasteiger partial charge is 0.459 e. The van der Waals surface area contributed by atoms with Gasteiger partial charge in [0.1, 0.15) is 12.3 Å². The third kappa shape index (κ3) is 8.37. The van der Waals surface area contributed by atoms with Gasteiger partial charge in [0.15, 0.2) is 0 Å². The van der Waals surface area contributed by atoms with Crippen LogP contribution in [0.5, 0.6) is 0 Å². The molecule has 1 saturated heterocycles. The second-order valence-corrected chi connectivity index (χ2v) is 4.80. The van der Waals surface area contributed by atoms with Gasteiger partial charge in [-0.1, -0.05) is 0 Å². The number of esters is 1. The number of piperidine rings is 1. The van der Waals surface area contributed by atoms with Crippen molar-refractivity contribution in [3.05, 3.63) is 24.0 Å². The highest BCUT2D eigenvalue weighted by Gasteiger charge is 2.06. The van der Waals surface area contributed by atoms with Crippen molar-refractivity contribution in [3.8, 4) is 0 Å². The van der Waals surface area contributed by atoms with Gasteiger partial charge in [-0.25, -0.2) is 4.79 Å². The van der Waals surface area contributed by atoms with Crippen molar-refractivity contribution in [1.29, 1.82) is 0 Å². The van der Waals surface area contributed by atoms with Crippen LogP contribution >= 0.6 is 0 Å². The minimum Gasteiger partial charge on any atom is -0.459 e. The number of carbonyl (C=O) groups excluding carboxylic acids is 1. The number of hydrogen-bond acceptors (Lipinski definition) is 6. The molecule has 1 heterocycles. The lowest BCUT2D eigenvalue weighted by molar-refractivity contribution is -0.140. The van der Waals surface area contributed by atoms with Gasteiger partial charge in [-0.2, -0.15) is 0 Å². The van der Waals surface area contributed by atoms with Gasteiger partial charge in [0, 0.05) is 20.2 Å². The first kappa shape index (κ1) is 17.5. The lowest BCUT2D eigenvalue weighted by Crippen LogP contribution is -2.24. The summed E-state index contributed by atoms with van der Waals surface area (Å²) in [6.07, 6.45) is 9.05. The minimum absolute atomic E-state index is 0.0974. The number of allylic oxidation sites excluding steroid dienone is 2. The number of ether oxygens (including phenoxy) is 3. The third-order valence-corrected chi connectivity index (χ3v) is 3.09. The topological polar surface area (TPSA) is 74.0 Å². The standard InChI is InChI=1S/C15H26N2O4/c1-19-10-11-20-12-13-21-15(18)14(16)6-5-9-17-7-3-2-4-8-17/h5-6,9H,2-4,7-8,10-13,16H2,1H3/b9-5+,14-6-. The summed E-state index contributed by atoms with van der Waals surface area (Å²) in [5.74, 6) is -0.520. The Morgan fingerprint density at radius 3 is 2.57 bits per heavy atom. The zero-order valence-electron chi connectivity index (χ0n) is 12.8. The molecule has 1 fully saturated rings. The van der Waals surface area contributed by atoms with Crippen LogP contribution < -0.4 is 5.73 Å². The molecule has 0 bridgehead atoms. The number of likely N-dealkylation sites (tertiary alicyclic amines) is 1.